The Kier molecular flexibility index (Phi) is 5.76. The Morgan fingerprint density at radius 2 is 2.10 bits per heavy atom. The smallest absolute Gasteiger partial charge is 0.131 e. The molecule has 0 radical (unpaired) electrons. The van der Waals surface area contributed by atoms with Crippen molar-refractivity contribution >= 4 is 5.82 Å². The van der Waals surface area contributed by atoms with E-state index in [0.29, 0.717) is 6.54 Å². The number of aromatic nitrogens is 1. The number of hydrogen-bond acceptors (Lipinski definition) is 5. The predicted molar refractivity (Wildman–Crippen MR) is 82.0 cm³/mol. The van der Waals surface area contributed by atoms with Crippen molar-refractivity contribution in [3.63, 3.8) is 0 Å². The van der Waals surface area contributed by atoms with Gasteiger partial charge in [-0.2, -0.15) is 0 Å². The first kappa shape index (κ1) is 15.2. The van der Waals surface area contributed by atoms with E-state index >= 15 is 0 Å². The van der Waals surface area contributed by atoms with Crippen LogP contribution in [0.1, 0.15) is 23.2 Å². The molecule has 1 aliphatic heterocycles. The molecule has 0 atom stereocenters. The summed E-state index contributed by atoms with van der Waals surface area (Å²) in [6, 6.07) is 2.08. The number of anilines is 1. The third-order valence-corrected chi connectivity index (χ3v) is 3.73. The molecule has 5 nitrogen and oxygen atoms in total. The van der Waals surface area contributed by atoms with Gasteiger partial charge in [-0.1, -0.05) is 0 Å². The van der Waals surface area contributed by atoms with Crippen LogP contribution in [0.3, 0.4) is 0 Å². The Labute approximate surface area is 121 Å². The van der Waals surface area contributed by atoms with Gasteiger partial charge < -0.3 is 15.8 Å². The lowest BCUT2D eigenvalue weighted by atomic mass is 10.1. The first-order valence-electron chi connectivity index (χ1n) is 7.42. The molecule has 5 heteroatoms. The zero-order chi connectivity index (χ0) is 14.4. The zero-order valence-electron chi connectivity index (χ0n) is 12.6. The van der Waals surface area contributed by atoms with Crippen molar-refractivity contribution in [2.45, 2.75) is 26.8 Å². The summed E-state index contributed by atoms with van der Waals surface area (Å²) in [6.45, 7) is 10.5. The maximum Gasteiger partial charge on any atom is 0.131 e. The fourth-order valence-electron chi connectivity index (χ4n) is 2.60. The zero-order valence-corrected chi connectivity index (χ0v) is 12.6. The normalized spacial score (nSPS) is 16.4. The van der Waals surface area contributed by atoms with Crippen LogP contribution >= 0.6 is 0 Å². The van der Waals surface area contributed by atoms with Crippen LogP contribution in [0.5, 0.6) is 0 Å². The van der Waals surface area contributed by atoms with Gasteiger partial charge in [0.05, 0.1) is 13.2 Å². The van der Waals surface area contributed by atoms with E-state index in [9.17, 15) is 0 Å². The molecule has 3 N–H and O–H groups in total. The van der Waals surface area contributed by atoms with Gasteiger partial charge in [-0.3, -0.25) is 4.90 Å². The van der Waals surface area contributed by atoms with Gasteiger partial charge in [-0.15, -0.1) is 0 Å². The van der Waals surface area contributed by atoms with Gasteiger partial charge in [-0.05, 0) is 38.4 Å². The number of rotatable bonds is 6. The Balaban J connectivity index is 1.81. The van der Waals surface area contributed by atoms with Crippen LogP contribution in [0.2, 0.25) is 0 Å². The first-order chi connectivity index (χ1) is 9.70. The number of ether oxygens (including phenoxy) is 1. The molecule has 0 unspecified atom stereocenters. The van der Waals surface area contributed by atoms with Crippen molar-refractivity contribution in [1.82, 2.24) is 9.88 Å². The summed E-state index contributed by atoms with van der Waals surface area (Å²) in [7, 11) is 0. The Bertz CT molecular complexity index is 430. The van der Waals surface area contributed by atoms with Gasteiger partial charge in [0, 0.05) is 37.4 Å². The number of aryl methyl sites for hydroxylation is 2. The molecular formula is C15H26N4O. The number of morpholine rings is 1. The second kappa shape index (κ2) is 7.57. The summed E-state index contributed by atoms with van der Waals surface area (Å²) < 4.78 is 5.35. The molecule has 1 aromatic heterocycles. The van der Waals surface area contributed by atoms with Crippen LogP contribution in [0.4, 0.5) is 5.82 Å². The van der Waals surface area contributed by atoms with E-state index in [1.54, 1.807) is 0 Å². The highest BCUT2D eigenvalue weighted by Gasteiger charge is 2.10. The Hall–Kier alpha value is -1.17. The Morgan fingerprint density at radius 3 is 2.80 bits per heavy atom. The molecule has 0 spiro atoms. The highest BCUT2D eigenvalue weighted by molar-refractivity contribution is 5.49. The van der Waals surface area contributed by atoms with Gasteiger partial charge >= 0.3 is 0 Å². The standard InChI is InChI=1S/C15H26N4O/c1-12-10-13(2)18-15(14(12)11-16)17-4-3-5-19-6-8-20-9-7-19/h10H,3-9,11,16H2,1-2H3,(H,17,18). The average molecular weight is 278 g/mol. The quantitative estimate of drug-likeness (QED) is 0.768. The monoisotopic (exact) mass is 278 g/mol. The van der Waals surface area contributed by atoms with Gasteiger partial charge in [0.2, 0.25) is 0 Å². The highest BCUT2D eigenvalue weighted by Crippen LogP contribution is 2.17. The minimum atomic E-state index is 0.533. The topological polar surface area (TPSA) is 63.4 Å². The fraction of sp³-hybridized carbons (Fsp3) is 0.667. The minimum absolute atomic E-state index is 0.533. The number of nitrogens with one attached hydrogen (secondary N) is 1. The number of hydrogen-bond donors (Lipinski definition) is 2. The molecule has 0 bridgehead atoms. The molecule has 0 amide bonds. The molecule has 1 aromatic rings. The summed E-state index contributed by atoms with van der Waals surface area (Å²) >= 11 is 0. The maximum absolute atomic E-state index is 5.82. The molecule has 0 saturated carbocycles. The molecule has 1 fully saturated rings. The van der Waals surface area contributed by atoms with E-state index in [2.05, 4.69) is 28.2 Å². The van der Waals surface area contributed by atoms with Crippen molar-refractivity contribution in [3.05, 3.63) is 22.9 Å². The summed E-state index contributed by atoms with van der Waals surface area (Å²) in [5.74, 6) is 0.951. The van der Waals surface area contributed by atoms with E-state index in [1.165, 1.54) is 5.56 Å². The van der Waals surface area contributed by atoms with Crippen LogP contribution in [0.15, 0.2) is 6.07 Å². The lowest BCUT2D eigenvalue weighted by molar-refractivity contribution is 0.0378. The van der Waals surface area contributed by atoms with Crippen molar-refractivity contribution < 1.29 is 4.74 Å². The molecule has 20 heavy (non-hydrogen) atoms. The second-order valence-electron chi connectivity index (χ2n) is 5.35. The number of nitrogens with two attached hydrogens (primary N) is 1. The van der Waals surface area contributed by atoms with E-state index in [-0.39, 0.29) is 0 Å². The predicted octanol–water partition coefficient (Wildman–Crippen LogP) is 1.29. The van der Waals surface area contributed by atoms with Crippen LogP contribution in [-0.4, -0.2) is 49.3 Å². The second-order valence-corrected chi connectivity index (χ2v) is 5.35. The SMILES string of the molecule is Cc1cc(C)c(CN)c(NCCCN2CCOCC2)n1. The van der Waals surface area contributed by atoms with Gasteiger partial charge in [0.15, 0.2) is 0 Å². The third kappa shape index (κ3) is 4.16. The van der Waals surface area contributed by atoms with Crippen molar-refractivity contribution in [2.75, 3.05) is 44.7 Å². The summed E-state index contributed by atoms with van der Waals surface area (Å²) in [4.78, 5) is 7.01. The lowest BCUT2D eigenvalue weighted by Crippen LogP contribution is -2.37. The lowest BCUT2D eigenvalue weighted by Gasteiger charge is -2.26. The van der Waals surface area contributed by atoms with Crippen LogP contribution in [0, 0.1) is 13.8 Å². The molecule has 1 aliphatic rings. The van der Waals surface area contributed by atoms with E-state index in [1.807, 2.05) is 6.92 Å². The molecule has 2 heterocycles. The summed E-state index contributed by atoms with van der Waals surface area (Å²) in [5, 5.41) is 3.44. The van der Waals surface area contributed by atoms with Crippen molar-refractivity contribution in [2.24, 2.45) is 5.73 Å². The molecule has 0 aliphatic carbocycles. The van der Waals surface area contributed by atoms with Crippen LogP contribution < -0.4 is 11.1 Å². The third-order valence-electron chi connectivity index (χ3n) is 3.73. The average Bonchev–Trinajstić information content (AvgIpc) is 2.44. The van der Waals surface area contributed by atoms with Gasteiger partial charge in [-0.25, -0.2) is 4.98 Å². The van der Waals surface area contributed by atoms with Gasteiger partial charge in [0.1, 0.15) is 5.82 Å². The molecular weight excluding hydrogens is 252 g/mol. The van der Waals surface area contributed by atoms with Crippen molar-refractivity contribution in [3.8, 4) is 0 Å². The molecule has 112 valence electrons. The van der Waals surface area contributed by atoms with E-state index in [4.69, 9.17) is 10.5 Å². The summed E-state index contributed by atoms with van der Waals surface area (Å²) in [6.07, 6.45) is 1.11. The minimum Gasteiger partial charge on any atom is -0.379 e. The maximum atomic E-state index is 5.82. The van der Waals surface area contributed by atoms with Crippen molar-refractivity contribution in [1.29, 1.82) is 0 Å². The number of pyridine rings is 1. The van der Waals surface area contributed by atoms with Crippen LogP contribution in [0.25, 0.3) is 0 Å². The highest BCUT2D eigenvalue weighted by atomic mass is 16.5. The Morgan fingerprint density at radius 1 is 1.35 bits per heavy atom. The largest absolute Gasteiger partial charge is 0.379 e. The van der Waals surface area contributed by atoms with E-state index < -0.39 is 0 Å². The number of nitrogens with zero attached hydrogens (tertiary/aromatic N) is 2. The van der Waals surface area contributed by atoms with E-state index in [0.717, 1.165) is 62.9 Å². The van der Waals surface area contributed by atoms with Crippen LogP contribution in [-0.2, 0) is 11.3 Å². The first-order valence-corrected chi connectivity index (χ1v) is 7.42. The molecule has 2 rings (SSSR count). The summed E-state index contributed by atoms with van der Waals surface area (Å²) in [5.41, 5.74) is 9.20. The van der Waals surface area contributed by atoms with Gasteiger partial charge in [0.25, 0.3) is 0 Å². The molecule has 1 saturated heterocycles. The fourth-order valence-corrected chi connectivity index (χ4v) is 2.60. The molecule has 0 aromatic carbocycles.